The van der Waals surface area contributed by atoms with Gasteiger partial charge in [0.1, 0.15) is 72.3 Å². The number of amides is 1. The Morgan fingerprint density at radius 2 is 1.33 bits per heavy atom. The molecule has 18 nitrogen and oxygen atoms in total. The van der Waals surface area contributed by atoms with Crippen molar-refractivity contribution in [3.8, 4) is 11.5 Å². The Morgan fingerprint density at radius 1 is 0.734 bits per heavy atom. The maximum Gasteiger partial charge on any atom is 0.351 e. The topological polar surface area (TPSA) is 220 Å². The fraction of sp³-hybridized carbons (Fsp3) is 0.508. The number of anilines is 1. The van der Waals surface area contributed by atoms with Crippen LogP contribution in [-0.2, 0) is 38.9 Å². The Bertz CT molecular complexity index is 2800. The summed E-state index contributed by atoms with van der Waals surface area (Å²) in [6, 6.07) is 26.8. The fourth-order valence-corrected chi connectivity index (χ4v) is 10.5. The Balaban J connectivity index is 0.00000498. The van der Waals surface area contributed by atoms with Crippen molar-refractivity contribution in [2.75, 3.05) is 38.5 Å². The molecule has 0 unspecified atom stereocenters. The van der Waals surface area contributed by atoms with Gasteiger partial charge < -0.3 is 39.1 Å². The molecule has 0 bridgehead atoms. The van der Waals surface area contributed by atoms with Crippen LogP contribution >= 0.6 is 11.8 Å². The summed E-state index contributed by atoms with van der Waals surface area (Å²) in [6.07, 6.45) is 9.98. The first-order valence-corrected chi connectivity index (χ1v) is 28.7. The second-order valence-corrected chi connectivity index (χ2v) is 20.4. The number of carbonyl (C=O) groups excluding carboxylic acids is 3. The smallest absolute Gasteiger partial charge is 0.351 e. The largest absolute Gasteiger partial charge is 0.497 e. The molecule has 1 amide bonds. The molecule has 0 radical (unpaired) electrons. The van der Waals surface area contributed by atoms with Gasteiger partial charge in [-0.2, -0.15) is 4.98 Å². The number of nitrogens with zero attached hydrogens (tertiary/aromatic N) is 3. The second-order valence-electron chi connectivity index (χ2n) is 19.2. The summed E-state index contributed by atoms with van der Waals surface area (Å²) in [7, 11) is 3.21. The van der Waals surface area contributed by atoms with Crippen LogP contribution in [0.2, 0.25) is 0 Å². The van der Waals surface area contributed by atoms with Crippen molar-refractivity contribution in [1.29, 1.82) is 0 Å². The minimum Gasteiger partial charge on any atom is -0.497 e. The molecule has 20 heteroatoms. The summed E-state index contributed by atoms with van der Waals surface area (Å²) in [5.41, 5.74) is -1.09. The lowest BCUT2D eigenvalue weighted by atomic mass is 9.77. The van der Waals surface area contributed by atoms with Gasteiger partial charge in [0.25, 0.3) is 5.56 Å². The summed E-state index contributed by atoms with van der Waals surface area (Å²) < 4.78 is 51.3. The first-order chi connectivity index (χ1) is 38.4. The molecule has 2 saturated heterocycles. The number of hydrogen-bond donors (Lipinski definition) is 3. The molecular formula is C59H77FN6O12S. The molecule has 0 aliphatic carbocycles. The normalized spacial score (nSPS) is 18.2. The number of hydrogen-bond acceptors (Lipinski definition) is 15. The molecule has 2 aliphatic heterocycles. The molecule has 2 fully saturated rings. The van der Waals surface area contributed by atoms with E-state index in [-0.39, 0.29) is 38.2 Å². The highest BCUT2D eigenvalue weighted by molar-refractivity contribution is 8.00. The molecule has 6 atom stereocenters. The number of carbonyl (C=O) groups is 3. The number of methoxy groups -OCH3 is 2. The average molecular weight is 1110 g/mol. The van der Waals surface area contributed by atoms with Gasteiger partial charge in [-0.05, 0) is 59.9 Å². The summed E-state index contributed by atoms with van der Waals surface area (Å²) in [5, 5.41) is 6.35. The number of nitrogens with one attached hydrogen (secondary N) is 3. The van der Waals surface area contributed by atoms with Crippen molar-refractivity contribution >= 4 is 35.4 Å². The first kappa shape index (κ1) is 61.4. The van der Waals surface area contributed by atoms with Crippen molar-refractivity contribution in [1.82, 2.24) is 24.4 Å². The number of unbranched alkanes of at least 4 members (excludes halogenated alkanes) is 10. The number of aromatic amines is 1. The first-order valence-electron chi connectivity index (χ1n) is 27.6. The van der Waals surface area contributed by atoms with Crippen molar-refractivity contribution < 1.29 is 47.2 Å². The molecule has 2 aliphatic rings. The highest BCUT2D eigenvalue weighted by Gasteiger charge is 2.39. The predicted molar refractivity (Wildman–Crippen MR) is 301 cm³/mol. The van der Waals surface area contributed by atoms with Crippen LogP contribution in [0.4, 0.5) is 10.2 Å². The molecule has 4 heterocycles. The molecule has 3 aromatic carbocycles. The highest BCUT2D eigenvalue weighted by atomic mass is 32.2. The fourth-order valence-electron chi connectivity index (χ4n) is 9.55. The molecule has 2 aromatic heterocycles. The highest BCUT2D eigenvalue weighted by Crippen LogP contribution is 2.41. The zero-order valence-electron chi connectivity index (χ0n) is 46.0. The van der Waals surface area contributed by atoms with Crippen LogP contribution in [0.15, 0.2) is 118 Å². The number of halogens is 1. The van der Waals surface area contributed by atoms with Crippen LogP contribution in [0.5, 0.6) is 11.5 Å². The quantitative estimate of drug-likeness (QED) is 0.0221. The Kier molecular flexibility index (Phi) is 24.7. The Hall–Kier alpha value is -6.77. The van der Waals surface area contributed by atoms with E-state index in [2.05, 4.69) is 27.5 Å². The molecule has 7 rings (SSSR count). The molecule has 79 heavy (non-hydrogen) atoms. The van der Waals surface area contributed by atoms with E-state index < -0.39 is 77.2 Å². The Morgan fingerprint density at radius 3 is 1.92 bits per heavy atom. The van der Waals surface area contributed by atoms with Crippen molar-refractivity contribution in [2.24, 2.45) is 0 Å². The maximum atomic E-state index is 15.0. The standard InChI is InChI=1S/C57H71FN6O12S.C2H6/c1-4-5-6-7-8-9-10-11-12-13-17-20-48(65)59-45(29-30-52(67)73-36-46-44(58)35-50(75-46)63-34-32-49(66)61-56(63)70)54(68)74-37-53-76-51(38-77-53)64-33-31-47(60-55(64)69)62-57(39-18-15-14-16-19-39,40-21-25-42(71-2)26-22-40)41-23-27-43(72-3)28-24-41;1-2/h14-16,18-19,21-28,31-34,44-46,50-51,53H,4-13,17,20,29-30,35-38H2,1-3H3,(H,59,65)(H,60,62,69)(H,61,66,70);1-2H3/t44-,45-,46+,50+,51-,53+;/m0./s1. The van der Waals surface area contributed by atoms with Gasteiger partial charge in [0, 0.05) is 43.5 Å². The van der Waals surface area contributed by atoms with Crippen LogP contribution in [0.25, 0.3) is 0 Å². The number of rotatable bonds is 30. The molecule has 3 N–H and O–H groups in total. The Labute approximate surface area is 465 Å². The third-order valence-corrected chi connectivity index (χ3v) is 14.9. The predicted octanol–water partition coefficient (Wildman–Crippen LogP) is 9.51. The van der Waals surface area contributed by atoms with Gasteiger partial charge in [-0.1, -0.05) is 140 Å². The number of aromatic nitrogens is 4. The van der Waals surface area contributed by atoms with Gasteiger partial charge in [-0.3, -0.25) is 28.5 Å². The van der Waals surface area contributed by atoms with Crippen LogP contribution in [-0.4, -0.2) is 93.9 Å². The third-order valence-electron chi connectivity index (χ3n) is 13.8. The van der Waals surface area contributed by atoms with E-state index in [4.69, 9.17) is 28.4 Å². The van der Waals surface area contributed by atoms with Crippen LogP contribution in [0.3, 0.4) is 0 Å². The van der Waals surface area contributed by atoms with E-state index in [9.17, 15) is 33.2 Å². The van der Waals surface area contributed by atoms with E-state index in [1.165, 1.54) is 61.1 Å². The van der Waals surface area contributed by atoms with Crippen LogP contribution in [0, 0.1) is 0 Å². The molecule has 5 aromatic rings. The zero-order valence-corrected chi connectivity index (χ0v) is 46.9. The number of alkyl halides is 1. The SMILES string of the molecule is CC.CCCCCCCCCCCCCC(=O)N[C@@H](CCC(=O)OC[C@H]1O[C@@H](n2ccc(=O)[nH]c2=O)C[C@@H]1F)C(=O)OC[C@@H]1O[C@H](n2ccc(NC(c3ccccc3)(c3ccc(OC)cc3)c3ccc(OC)cc3)nc2=O)CS1. The van der Waals surface area contributed by atoms with Gasteiger partial charge in [-0.25, -0.2) is 18.8 Å². The number of H-pyrrole nitrogens is 1. The van der Waals surface area contributed by atoms with Crippen LogP contribution < -0.4 is 37.0 Å². The monoisotopic (exact) mass is 1110 g/mol. The number of esters is 2. The number of benzene rings is 3. The minimum atomic E-state index is -1.58. The maximum absolute atomic E-state index is 15.0. The zero-order chi connectivity index (χ0) is 56.6. The van der Waals surface area contributed by atoms with Crippen LogP contribution in [0.1, 0.15) is 146 Å². The molecular weight excluding hydrogens is 1040 g/mol. The van der Waals surface area contributed by atoms with Gasteiger partial charge in [0.15, 0.2) is 0 Å². The average Bonchev–Trinajstić information content (AvgIpc) is 4.17. The van der Waals surface area contributed by atoms with Crippen molar-refractivity contribution in [2.45, 2.75) is 159 Å². The molecule has 0 spiro atoms. The summed E-state index contributed by atoms with van der Waals surface area (Å²) in [4.78, 5) is 84.2. The van der Waals surface area contributed by atoms with Gasteiger partial charge >= 0.3 is 23.3 Å². The van der Waals surface area contributed by atoms with E-state index in [0.717, 1.165) is 53.0 Å². The van der Waals surface area contributed by atoms with Crippen molar-refractivity contribution in [3.05, 3.63) is 151 Å². The minimum absolute atomic E-state index is 0.174. The van der Waals surface area contributed by atoms with Gasteiger partial charge in [0.05, 0.1) is 14.2 Å². The van der Waals surface area contributed by atoms with E-state index >= 15 is 0 Å². The third kappa shape index (κ3) is 17.6. The second kappa shape index (κ2) is 31.7. The van der Waals surface area contributed by atoms with E-state index in [0.29, 0.717) is 29.5 Å². The van der Waals surface area contributed by atoms with Gasteiger partial charge in [0.2, 0.25) is 5.91 Å². The van der Waals surface area contributed by atoms with E-state index in [1.54, 1.807) is 26.5 Å². The molecule has 428 valence electrons. The summed E-state index contributed by atoms with van der Waals surface area (Å²) in [6.45, 7) is 5.52. The number of ether oxygens (including phenoxy) is 6. The van der Waals surface area contributed by atoms with Crippen molar-refractivity contribution in [3.63, 3.8) is 0 Å². The lowest BCUT2D eigenvalue weighted by Crippen LogP contribution is -2.43. The summed E-state index contributed by atoms with van der Waals surface area (Å²) in [5.74, 6) is 0.0521. The number of thioether (sulfide) groups is 1. The lowest BCUT2D eigenvalue weighted by Gasteiger charge is -2.37. The van der Waals surface area contributed by atoms with E-state index in [1.807, 2.05) is 92.7 Å². The summed E-state index contributed by atoms with van der Waals surface area (Å²) >= 11 is 1.33. The lowest BCUT2D eigenvalue weighted by molar-refractivity contribution is -0.153. The molecule has 0 saturated carbocycles. The van der Waals surface area contributed by atoms with Gasteiger partial charge in [-0.15, -0.1) is 11.8 Å².